The number of rotatable bonds is 3. The van der Waals surface area contributed by atoms with E-state index < -0.39 is 0 Å². The summed E-state index contributed by atoms with van der Waals surface area (Å²) in [6.45, 7) is 8.91. The van der Waals surface area contributed by atoms with Gasteiger partial charge in [-0.25, -0.2) is 0 Å². The van der Waals surface area contributed by atoms with Crippen LogP contribution in [-0.2, 0) is 0 Å². The van der Waals surface area contributed by atoms with E-state index in [1.54, 1.807) is 0 Å². The summed E-state index contributed by atoms with van der Waals surface area (Å²) in [5.74, 6) is 0.474. The maximum atomic E-state index is 10.6. The first kappa shape index (κ1) is 14.1. The third kappa shape index (κ3) is 3.16. The summed E-state index contributed by atoms with van der Waals surface area (Å²) < 4.78 is 0. The first-order valence-corrected chi connectivity index (χ1v) is 7.05. The van der Waals surface area contributed by atoms with E-state index in [1.165, 1.54) is 10.8 Å². The van der Waals surface area contributed by atoms with Crippen molar-refractivity contribution in [1.82, 2.24) is 0 Å². The zero-order valence-electron chi connectivity index (χ0n) is 12.4. The summed E-state index contributed by atoms with van der Waals surface area (Å²) in [5.41, 5.74) is 1.28. The lowest BCUT2D eigenvalue weighted by Gasteiger charge is -2.29. The average Bonchev–Trinajstić information content (AvgIpc) is 2.36. The van der Waals surface area contributed by atoms with Gasteiger partial charge in [0, 0.05) is 0 Å². The Labute approximate surface area is 116 Å². The van der Waals surface area contributed by atoms with Gasteiger partial charge < -0.3 is 5.11 Å². The van der Waals surface area contributed by atoms with Gasteiger partial charge in [0.1, 0.15) is 0 Å². The standard InChI is InChI=1S/C18H24O/c1-13(18(2,3)4)12-17(19)16-11-7-9-14-8-5-6-10-15(14)16/h5-11,13,17,19H,12H2,1-4H3. The van der Waals surface area contributed by atoms with Gasteiger partial charge in [0.25, 0.3) is 0 Å². The van der Waals surface area contributed by atoms with Gasteiger partial charge in [0.2, 0.25) is 0 Å². The van der Waals surface area contributed by atoms with Crippen molar-refractivity contribution in [2.75, 3.05) is 0 Å². The molecule has 0 aliphatic carbocycles. The van der Waals surface area contributed by atoms with Crippen molar-refractivity contribution < 1.29 is 5.11 Å². The summed E-state index contributed by atoms with van der Waals surface area (Å²) in [5, 5.41) is 12.9. The minimum Gasteiger partial charge on any atom is -0.388 e. The molecule has 0 heterocycles. The molecule has 0 saturated heterocycles. The van der Waals surface area contributed by atoms with E-state index in [4.69, 9.17) is 0 Å². The lowest BCUT2D eigenvalue weighted by Crippen LogP contribution is -2.19. The Balaban J connectivity index is 2.29. The monoisotopic (exact) mass is 256 g/mol. The molecule has 0 aliphatic rings. The number of aliphatic hydroxyl groups excluding tert-OH is 1. The zero-order chi connectivity index (χ0) is 14.0. The van der Waals surface area contributed by atoms with Crippen LogP contribution in [0, 0.1) is 11.3 Å². The fourth-order valence-electron chi connectivity index (χ4n) is 2.36. The van der Waals surface area contributed by atoms with Crippen LogP contribution in [-0.4, -0.2) is 5.11 Å². The van der Waals surface area contributed by atoms with E-state index in [0.717, 1.165) is 12.0 Å². The maximum absolute atomic E-state index is 10.6. The van der Waals surface area contributed by atoms with Crippen LogP contribution < -0.4 is 0 Å². The molecular formula is C18H24O. The third-order valence-corrected chi connectivity index (χ3v) is 4.24. The highest BCUT2D eigenvalue weighted by Crippen LogP contribution is 2.35. The van der Waals surface area contributed by atoms with Crippen LogP contribution in [0.2, 0.25) is 0 Å². The molecule has 0 saturated carbocycles. The van der Waals surface area contributed by atoms with Crippen LogP contribution in [0.4, 0.5) is 0 Å². The van der Waals surface area contributed by atoms with Crippen molar-refractivity contribution in [2.24, 2.45) is 11.3 Å². The first-order chi connectivity index (χ1) is 8.89. The molecule has 2 atom stereocenters. The van der Waals surface area contributed by atoms with Crippen LogP contribution in [0.1, 0.15) is 45.8 Å². The fourth-order valence-corrected chi connectivity index (χ4v) is 2.36. The SMILES string of the molecule is CC(CC(O)c1cccc2ccccc12)C(C)(C)C. The molecule has 0 amide bonds. The Kier molecular flexibility index (Phi) is 3.96. The highest BCUT2D eigenvalue weighted by atomic mass is 16.3. The molecule has 0 aliphatic heterocycles. The van der Waals surface area contributed by atoms with Crippen molar-refractivity contribution in [2.45, 2.75) is 40.2 Å². The molecule has 2 rings (SSSR count). The van der Waals surface area contributed by atoms with Crippen LogP contribution in [0.3, 0.4) is 0 Å². The zero-order valence-corrected chi connectivity index (χ0v) is 12.4. The second kappa shape index (κ2) is 5.34. The highest BCUT2D eigenvalue weighted by molar-refractivity contribution is 5.85. The van der Waals surface area contributed by atoms with Gasteiger partial charge in [0.15, 0.2) is 0 Å². The molecular weight excluding hydrogens is 232 g/mol. The van der Waals surface area contributed by atoms with Crippen LogP contribution in [0.15, 0.2) is 42.5 Å². The molecule has 2 aromatic carbocycles. The minimum atomic E-state index is -0.389. The maximum Gasteiger partial charge on any atom is 0.0798 e. The van der Waals surface area contributed by atoms with Gasteiger partial charge in [-0.2, -0.15) is 0 Å². The first-order valence-electron chi connectivity index (χ1n) is 7.05. The fraction of sp³-hybridized carbons (Fsp3) is 0.444. The van der Waals surface area contributed by atoms with Crippen molar-refractivity contribution >= 4 is 10.8 Å². The normalized spacial score (nSPS) is 15.4. The summed E-state index contributed by atoms with van der Waals surface area (Å²) >= 11 is 0. The van der Waals surface area contributed by atoms with Gasteiger partial charge in [-0.05, 0) is 34.1 Å². The Morgan fingerprint density at radius 2 is 1.63 bits per heavy atom. The summed E-state index contributed by atoms with van der Waals surface area (Å²) in [6.07, 6.45) is 0.414. The number of hydrogen-bond donors (Lipinski definition) is 1. The van der Waals surface area contributed by atoms with E-state index in [2.05, 4.69) is 45.9 Å². The van der Waals surface area contributed by atoms with Crippen molar-refractivity contribution in [3.05, 3.63) is 48.0 Å². The molecule has 0 bridgehead atoms. The largest absolute Gasteiger partial charge is 0.388 e. The van der Waals surface area contributed by atoms with Gasteiger partial charge >= 0.3 is 0 Å². The summed E-state index contributed by atoms with van der Waals surface area (Å²) in [7, 11) is 0. The van der Waals surface area contributed by atoms with E-state index in [0.29, 0.717) is 5.92 Å². The number of aliphatic hydroxyl groups is 1. The predicted octanol–water partition coefficient (Wildman–Crippen LogP) is 4.95. The van der Waals surface area contributed by atoms with Crippen molar-refractivity contribution in [1.29, 1.82) is 0 Å². The number of fused-ring (bicyclic) bond motifs is 1. The van der Waals surface area contributed by atoms with Gasteiger partial charge in [0.05, 0.1) is 6.10 Å². The molecule has 0 aromatic heterocycles. The lowest BCUT2D eigenvalue weighted by atomic mass is 9.78. The molecule has 102 valence electrons. The van der Waals surface area contributed by atoms with E-state index in [1.807, 2.05) is 24.3 Å². The van der Waals surface area contributed by atoms with E-state index >= 15 is 0 Å². The minimum absolute atomic E-state index is 0.228. The number of benzene rings is 2. The molecule has 1 heteroatoms. The van der Waals surface area contributed by atoms with Crippen LogP contribution in [0.25, 0.3) is 10.8 Å². The number of hydrogen-bond acceptors (Lipinski definition) is 1. The van der Waals surface area contributed by atoms with E-state index in [-0.39, 0.29) is 11.5 Å². The Bertz CT molecular complexity index is 546. The van der Waals surface area contributed by atoms with E-state index in [9.17, 15) is 5.11 Å². The Morgan fingerprint density at radius 3 is 2.32 bits per heavy atom. The molecule has 0 fully saturated rings. The molecule has 2 aromatic rings. The Hall–Kier alpha value is -1.34. The topological polar surface area (TPSA) is 20.2 Å². The lowest BCUT2D eigenvalue weighted by molar-refractivity contribution is 0.112. The molecule has 1 N–H and O–H groups in total. The van der Waals surface area contributed by atoms with Crippen LogP contribution in [0.5, 0.6) is 0 Å². The van der Waals surface area contributed by atoms with Gasteiger partial charge in [-0.1, -0.05) is 70.2 Å². The second-order valence-electron chi connectivity index (χ2n) is 6.59. The molecule has 2 unspecified atom stereocenters. The molecule has 19 heavy (non-hydrogen) atoms. The van der Waals surface area contributed by atoms with Crippen molar-refractivity contribution in [3.8, 4) is 0 Å². The van der Waals surface area contributed by atoms with Crippen LogP contribution >= 0.6 is 0 Å². The smallest absolute Gasteiger partial charge is 0.0798 e. The summed E-state index contributed by atoms with van der Waals surface area (Å²) in [6, 6.07) is 14.4. The quantitative estimate of drug-likeness (QED) is 0.824. The Morgan fingerprint density at radius 1 is 1.00 bits per heavy atom. The van der Waals surface area contributed by atoms with Crippen molar-refractivity contribution in [3.63, 3.8) is 0 Å². The molecule has 0 spiro atoms. The second-order valence-corrected chi connectivity index (χ2v) is 6.59. The average molecular weight is 256 g/mol. The van der Waals surface area contributed by atoms with Gasteiger partial charge in [-0.3, -0.25) is 0 Å². The molecule has 1 nitrogen and oxygen atoms in total. The third-order valence-electron chi connectivity index (χ3n) is 4.24. The summed E-state index contributed by atoms with van der Waals surface area (Å²) in [4.78, 5) is 0. The predicted molar refractivity (Wildman–Crippen MR) is 82.1 cm³/mol. The molecule has 0 radical (unpaired) electrons. The van der Waals surface area contributed by atoms with Gasteiger partial charge in [-0.15, -0.1) is 0 Å². The highest BCUT2D eigenvalue weighted by Gasteiger charge is 2.24.